The van der Waals surface area contributed by atoms with Crippen molar-refractivity contribution < 1.29 is 27.1 Å². The molecule has 38 heavy (non-hydrogen) atoms. The molecule has 3 aromatic heterocycles. The number of anilines is 2. The fraction of sp³-hybridized carbons (Fsp3) is 0.160. The third kappa shape index (κ3) is 4.95. The minimum absolute atomic E-state index is 0.114. The number of rotatable bonds is 5. The Labute approximate surface area is 213 Å². The van der Waals surface area contributed by atoms with E-state index in [-0.39, 0.29) is 22.5 Å². The molecular formula is C25H19F4N7O2. The third-order valence-corrected chi connectivity index (χ3v) is 5.82. The van der Waals surface area contributed by atoms with E-state index in [4.69, 9.17) is 10.5 Å². The molecule has 194 valence electrons. The fourth-order valence-corrected chi connectivity index (χ4v) is 4.07. The van der Waals surface area contributed by atoms with Gasteiger partial charge in [-0.3, -0.25) is 9.78 Å². The van der Waals surface area contributed by atoms with Crippen LogP contribution in [0, 0.1) is 5.82 Å². The second-order valence-corrected chi connectivity index (χ2v) is 8.27. The molecule has 1 amide bonds. The Morgan fingerprint density at radius 1 is 1.08 bits per heavy atom. The van der Waals surface area contributed by atoms with Gasteiger partial charge in [0.15, 0.2) is 5.82 Å². The lowest BCUT2D eigenvalue weighted by Crippen LogP contribution is -2.17. The lowest BCUT2D eigenvalue weighted by atomic mass is 9.92. The van der Waals surface area contributed by atoms with Crippen LogP contribution in [0.4, 0.5) is 28.9 Å². The molecule has 0 unspecified atom stereocenters. The maximum Gasteiger partial charge on any atom is 0.420 e. The first-order chi connectivity index (χ1) is 18.2. The number of carbonyl (C=O) groups is 1. The van der Waals surface area contributed by atoms with Crippen LogP contribution in [0.25, 0.3) is 22.5 Å². The zero-order valence-electron chi connectivity index (χ0n) is 19.5. The molecule has 0 radical (unpaired) electrons. The maximum atomic E-state index is 15.3. The van der Waals surface area contributed by atoms with Crippen LogP contribution >= 0.6 is 0 Å². The van der Waals surface area contributed by atoms with Gasteiger partial charge in [-0.05, 0) is 30.2 Å². The first-order valence-electron chi connectivity index (χ1n) is 11.3. The second kappa shape index (κ2) is 10.0. The summed E-state index contributed by atoms with van der Waals surface area (Å²) in [6, 6.07) is 4.45. The van der Waals surface area contributed by atoms with Gasteiger partial charge in [-0.2, -0.15) is 23.4 Å². The van der Waals surface area contributed by atoms with Crippen molar-refractivity contribution in [2.75, 3.05) is 24.3 Å². The van der Waals surface area contributed by atoms with Crippen LogP contribution in [0.15, 0.2) is 61.3 Å². The van der Waals surface area contributed by atoms with Gasteiger partial charge < -0.3 is 15.8 Å². The maximum absolute atomic E-state index is 15.3. The summed E-state index contributed by atoms with van der Waals surface area (Å²) in [5, 5.41) is 9.68. The monoisotopic (exact) mass is 525 g/mol. The molecule has 0 fully saturated rings. The number of alkyl halides is 3. The van der Waals surface area contributed by atoms with Crippen molar-refractivity contribution >= 4 is 22.9 Å². The molecule has 0 atom stereocenters. The van der Waals surface area contributed by atoms with E-state index in [1.165, 1.54) is 30.7 Å². The number of hydrogen-bond acceptors (Lipinski definition) is 7. The molecule has 0 bridgehead atoms. The molecule has 0 spiro atoms. The number of nitrogens with zero attached hydrogens (tertiary/aromatic N) is 5. The van der Waals surface area contributed by atoms with Crippen molar-refractivity contribution in [3.05, 3.63) is 83.8 Å². The number of nitrogen functional groups attached to an aromatic ring is 1. The molecule has 0 aliphatic carbocycles. The number of carbonyl (C=O) groups excluding carboxylic acids is 1. The van der Waals surface area contributed by atoms with Gasteiger partial charge >= 0.3 is 6.18 Å². The minimum Gasteiger partial charge on any atom is -0.397 e. The average Bonchev–Trinajstić information content (AvgIpc) is 3.44. The summed E-state index contributed by atoms with van der Waals surface area (Å²) in [5.74, 6) is -2.12. The molecule has 9 nitrogen and oxygen atoms in total. The second-order valence-electron chi connectivity index (χ2n) is 8.27. The average molecular weight is 525 g/mol. The summed E-state index contributed by atoms with van der Waals surface area (Å²) in [4.78, 5) is 21.4. The van der Waals surface area contributed by atoms with Gasteiger partial charge in [0.1, 0.15) is 11.4 Å². The Balaban J connectivity index is 1.44. The number of halogens is 4. The predicted octanol–water partition coefficient (Wildman–Crippen LogP) is 4.52. The SMILES string of the molecule is Nc1cncc(C2=CCOCC2)c1-c1ccc(C(=O)Nc2cnc(-n3nccn3)c(C(F)(F)F)c2)cc1F. The normalized spacial score (nSPS) is 13.7. The molecule has 3 N–H and O–H groups in total. The summed E-state index contributed by atoms with van der Waals surface area (Å²) < 4.78 is 61.6. The lowest BCUT2D eigenvalue weighted by molar-refractivity contribution is -0.137. The van der Waals surface area contributed by atoms with Crippen molar-refractivity contribution in [3.8, 4) is 16.9 Å². The summed E-state index contributed by atoms with van der Waals surface area (Å²) in [6.45, 7) is 0.918. The van der Waals surface area contributed by atoms with Crippen molar-refractivity contribution in [1.29, 1.82) is 0 Å². The number of ether oxygens (including phenoxy) is 1. The van der Waals surface area contributed by atoms with Gasteiger partial charge in [0.25, 0.3) is 5.91 Å². The highest BCUT2D eigenvalue weighted by Gasteiger charge is 2.36. The number of nitrogens with one attached hydrogen (secondary N) is 1. The zero-order valence-corrected chi connectivity index (χ0v) is 19.5. The molecule has 0 saturated carbocycles. The highest BCUT2D eigenvalue weighted by molar-refractivity contribution is 6.04. The van der Waals surface area contributed by atoms with Gasteiger partial charge in [-0.25, -0.2) is 9.37 Å². The van der Waals surface area contributed by atoms with Crippen LogP contribution in [0.1, 0.15) is 27.9 Å². The van der Waals surface area contributed by atoms with Crippen LogP contribution < -0.4 is 11.1 Å². The third-order valence-electron chi connectivity index (χ3n) is 5.82. The fourth-order valence-electron chi connectivity index (χ4n) is 4.07. The van der Waals surface area contributed by atoms with E-state index in [1.807, 2.05) is 6.08 Å². The Morgan fingerprint density at radius 2 is 1.87 bits per heavy atom. The van der Waals surface area contributed by atoms with Gasteiger partial charge in [0, 0.05) is 28.5 Å². The lowest BCUT2D eigenvalue weighted by Gasteiger charge is -2.19. The highest BCUT2D eigenvalue weighted by atomic mass is 19.4. The van der Waals surface area contributed by atoms with E-state index < -0.39 is 29.3 Å². The Kier molecular flexibility index (Phi) is 6.59. The van der Waals surface area contributed by atoms with Crippen LogP contribution in [0.5, 0.6) is 0 Å². The van der Waals surface area contributed by atoms with Crippen molar-refractivity contribution in [1.82, 2.24) is 25.0 Å². The summed E-state index contributed by atoms with van der Waals surface area (Å²) in [6.07, 6.45) is 4.12. The molecule has 1 aliphatic heterocycles. The topological polar surface area (TPSA) is 121 Å². The standard InChI is InChI=1S/C25H19F4N7O2/c26-20-9-15(1-2-17(20)22-18(12-31-13-21(22)30)14-3-7-38-8-4-14)24(37)35-16-10-19(25(27,28)29)23(32-11-16)36-33-5-6-34-36/h1-3,5-6,9-13H,4,7-8,30H2,(H,35,37). The highest BCUT2D eigenvalue weighted by Crippen LogP contribution is 2.37. The molecule has 13 heteroatoms. The van der Waals surface area contributed by atoms with Crippen molar-refractivity contribution in [2.24, 2.45) is 0 Å². The van der Waals surface area contributed by atoms with Gasteiger partial charge in [-0.15, -0.1) is 4.80 Å². The molecule has 1 aliphatic rings. The van der Waals surface area contributed by atoms with E-state index in [0.29, 0.717) is 36.8 Å². The smallest absolute Gasteiger partial charge is 0.397 e. The number of pyridine rings is 2. The summed E-state index contributed by atoms with van der Waals surface area (Å²) in [5.41, 5.74) is 7.04. The minimum atomic E-state index is -4.80. The zero-order chi connectivity index (χ0) is 26.9. The quantitative estimate of drug-likeness (QED) is 0.368. The number of benzene rings is 1. The van der Waals surface area contributed by atoms with Crippen LogP contribution in [0.3, 0.4) is 0 Å². The first-order valence-corrected chi connectivity index (χ1v) is 11.3. The number of nitrogens with two attached hydrogens (primary N) is 1. The number of aromatic nitrogens is 5. The van der Waals surface area contributed by atoms with Crippen LogP contribution in [-0.4, -0.2) is 44.1 Å². The molecule has 5 rings (SSSR count). The van der Waals surface area contributed by atoms with Crippen LogP contribution in [-0.2, 0) is 10.9 Å². The first kappa shape index (κ1) is 25.0. The molecule has 0 saturated heterocycles. The molecule has 1 aromatic carbocycles. The Morgan fingerprint density at radius 3 is 2.55 bits per heavy atom. The van der Waals surface area contributed by atoms with E-state index in [2.05, 4.69) is 25.5 Å². The molecular weight excluding hydrogens is 506 g/mol. The Hall–Kier alpha value is -4.65. The van der Waals surface area contributed by atoms with E-state index in [1.54, 1.807) is 6.20 Å². The van der Waals surface area contributed by atoms with Gasteiger partial charge in [0.2, 0.25) is 0 Å². The summed E-state index contributed by atoms with van der Waals surface area (Å²) >= 11 is 0. The van der Waals surface area contributed by atoms with Crippen molar-refractivity contribution in [3.63, 3.8) is 0 Å². The Bertz CT molecular complexity index is 1540. The van der Waals surface area contributed by atoms with E-state index >= 15 is 4.39 Å². The largest absolute Gasteiger partial charge is 0.420 e. The number of hydrogen-bond donors (Lipinski definition) is 2. The molecule has 4 heterocycles. The number of amides is 1. The predicted molar refractivity (Wildman–Crippen MR) is 130 cm³/mol. The summed E-state index contributed by atoms with van der Waals surface area (Å²) in [7, 11) is 0. The van der Waals surface area contributed by atoms with Gasteiger partial charge in [-0.1, -0.05) is 12.1 Å². The van der Waals surface area contributed by atoms with Crippen LogP contribution in [0.2, 0.25) is 0 Å². The molecule has 4 aromatic rings. The van der Waals surface area contributed by atoms with E-state index in [0.717, 1.165) is 22.6 Å². The van der Waals surface area contributed by atoms with E-state index in [9.17, 15) is 18.0 Å². The van der Waals surface area contributed by atoms with Crippen molar-refractivity contribution in [2.45, 2.75) is 12.6 Å². The van der Waals surface area contributed by atoms with Gasteiger partial charge in [0.05, 0.1) is 49.4 Å².